The molecule has 1 aromatic heterocycles. The Kier molecular flexibility index (Phi) is 6.48. The standard InChI is InChI=1S/C13H21BrN2O/c1-4-6-12-15-11(14)9-13(16-12)17-8-5-7-10(2)3/h9-10H,4-8H2,1-3H3. The fourth-order valence-corrected chi connectivity index (χ4v) is 1.92. The van der Waals surface area contributed by atoms with E-state index in [1.165, 1.54) is 6.42 Å². The van der Waals surface area contributed by atoms with Crippen LogP contribution in [-0.4, -0.2) is 16.6 Å². The van der Waals surface area contributed by atoms with Gasteiger partial charge in [0, 0.05) is 12.5 Å². The Labute approximate surface area is 112 Å². The molecule has 0 saturated carbocycles. The van der Waals surface area contributed by atoms with Crippen molar-refractivity contribution in [3.8, 4) is 5.88 Å². The average molecular weight is 301 g/mol. The maximum atomic E-state index is 5.64. The van der Waals surface area contributed by atoms with Crippen LogP contribution in [0.15, 0.2) is 10.7 Å². The van der Waals surface area contributed by atoms with Crippen molar-refractivity contribution < 1.29 is 4.74 Å². The second-order valence-corrected chi connectivity index (χ2v) is 5.39. The van der Waals surface area contributed by atoms with Crippen LogP contribution in [0.2, 0.25) is 0 Å². The molecule has 0 spiro atoms. The molecular formula is C13H21BrN2O. The summed E-state index contributed by atoms with van der Waals surface area (Å²) >= 11 is 3.38. The summed E-state index contributed by atoms with van der Waals surface area (Å²) in [6, 6.07) is 1.83. The summed E-state index contributed by atoms with van der Waals surface area (Å²) in [5.41, 5.74) is 0. The highest BCUT2D eigenvalue weighted by atomic mass is 79.9. The van der Waals surface area contributed by atoms with Crippen molar-refractivity contribution >= 4 is 15.9 Å². The second kappa shape index (κ2) is 7.64. The smallest absolute Gasteiger partial charge is 0.217 e. The summed E-state index contributed by atoms with van der Waals surface area (Å²) in [6.07, 6.45) is 4.20. The fraction of sp³-hybridized carbons (Fsp3) is 0.692. The maximum Gasteiger partial charge on any atom is 0.217 e. The summed E-state index contributed by atoms with van der Waals surface area (Å²) in [7, 11) is 0. The first-order valence-corrected chi connectivity index (χ1v) is 7.07. The van der Waals surface area contributed by atoms with Gasteiger partial charge >= 0.3 is 0 Å². The van der Waals surface area contributed by atoms with Crippen molar-refractivity contribution in [2.45, 2.75) is 46.5 Å². The molecule has 0 bridgehead atoms. The lowest BCUT2D eigenvalue weighted by molar-refractivity contribution is 0.285. The zero-order valence-electron chi connectivity index (χ0n) is 10.9. The fourth-order valence-electron chi connectivity index (χ4n) is 1.52. The molecule has 0 aliphatic heterocycles. The number of hydrogen-bond acceptors (Lipinski definition) is 3. The lowest BCUT2D eigenvalue weighted by Gasteiger charge is -2.08. The Morgan fingerprint density at radius 2 is 2.12 bits per heavy atom. The minimum absolute atomic E-state index is 0.680. The third-order valence-corrected chi connectivity index (χ3v) is 2.77. The highest BCUT2D eigenvalue weighted by Gasteiger charge is 2.03. The van der Waals surface area contributed by atoms with Gasteiger partial charge in [-0.1, -0.05) is 20.8 Å². The molecule has 3 nitrogen and oxygen atoms in total. The number of ether oxygens (including phenoxy) is 1. The first-order valence-electron chi connectivity index (χ1n) is 6.28. The van der Waals surface area contributed by atoms with Crippen LogP contribution < -0.4 is 4.74 Å². The van der Waals surface area contributed by atoms with Crippen molar-refractivity contribution in [2.75, 3.05) is 6.61 Å². The predicted molar refractivity (Wildman–Crippen MR) is 73.3 cm³/mol. The van der Waals surface area contributed by atoms with E-state index in [2.05, 4.69) is 46.7 Å². The van der Waals surface area contributed by atoms with Gasteiger partial charge in [0.05, 0.1) is 6.61 Å². The molecule has 1 rings (SSSR count). The van der Waals surface area contributed by atoms with E-state index in [0.717, 1.165) is 42.2 Å². The summed E-state index contributed by atoms with van der Waals surface area (Å²) in [4.78, 5) is 8.68. The van der Waals surface area contributed by atoms with Gasteiger partial charge in [-0.25, -0.2) is 4.98 Å². The van der Waals surface area contributed by atoms with Gasteiger partial charge in [-0.15, -0.1) is 0 Å². The zero-order chi connectivity index (χ0) is 12.7. The van der Waals surface area contributed by atoms with E-state index in [9.17, 15) is 0 Å². The molecule has 0 saturated heterocycles. The Bertz CT molecular complexity index is 342. The normalized spacial score (nSPS) is 10.9. The molecule has 96 valence electrons. The van der Waals surface area contributed by atoms with Crippen LogP contribution in [-0.2, 0) is 6.42 Å². The lowest BCUT2D eigenvalue weighted by Crippen LogP contribution is -2.04. The van der Waals surface area contributed by atoms with Crippen molar-refractivity contribution in [3.63, 3.8) is 0 Å². The van der Waals surface area contributed by atoms with Crippen LogP contribution in [0, 0.1) is 5.92 Å². The van der Waals surface area contributed by atoms with Crippen LogP contribution in [0.4, 0.5) is 0 Å². The van der Waals surface area contributed by atoms with E-state index in [1.807, 2.05) is 6.07 Å². The SMILES string of the molecule is CCCc1nc(Br)cc(OCCCC(C)C)n1. The summed E-state index contributed by atoms with van der Waals surface area (Å²) in [6.45, 7) is 7.29. The molecule has 0 aromatic carbocycles. The van der Waals surface area contributed by atoms with Gasteiger partial charge in [0.1, 0.15) is 10.4 Å². The van der Waals surface area contributed by atoms with E-state index in [-0.39, 0.29) is 0 Å². The Morgan fingerprint density at radius 1 is 1.35 bits per heavy atom. The molecule has 1 aromatic rings. The Hall–Kier alpha value is -0.640. The summed E-state index contributed by atoms with van der Waals surface area (Å²) in [5, 5.41) is 0. The van der Waals surface area contributed by atoms with Crippen molar-refractivity contribution in [3.05, 3.63) is 16.5 Å². The summed E-state index contributed by atoms with van der Waals surface area (Å²) < 4.78 is 6.44. The van der Waals surface area contributed by atoms with Gasteiger partial charge in [0.25, 0.3) is 0 Å². The molecule has 4 heteroatoms. The van der Waals surface area contributed by atoms with Crippen molar-refractivity contribution in [2.24, 2.45) is 5.92 Å². The minimum Gasteiger partial charge on any atom is -0.478 e. The molecule has 1 heterocycles. The predicted octanol–water partition coefficient (Wildman–Crippen LogP) is 4.01. The first-order chi connectivity index (χ1) is 8.11. The molecule has 0 atom stereocenters. The number of nitrogens with zero attached hydrogens (tertiary/aromatic N) is 2. The second-order valence-electron chi connectivity index (χ2n) is 4.58. The van der Waals surface area contributed by atoms with Gasteiger partial charge in [0.2, 0.25) is 5.88 Å². The molecule has 0 aliphatic rings. The van der Waals surface area contributed by atoms with E-state index in [4.69, 9.17) is 4.74 Å². The number of aromatic nitrogens is 2. The molecule has 0 radical (unpaired) electrons. The third-order valence-electron chi connectivity index (χ3n) is 2.37. The highest BCUT2D eigenvalue weighted by molar-refractivity contribution is 9.10. The van der Waals surface area contributed by atoms with Crippen LogP contribution in [0.25, 0.3) is 0 Å². The quantitative estimate of drug-likeness (QED) is 0.564. The first kappa shape index (κ1) is 14.4. The molecule has 0 unspecified atom stereocenters. The van der Waals surface area contributed by atoms with Gasteiger partial charge in [0.15, 0.2) is 0 Å². The van der Waals surface area contributed by atoms with Crippen molar-refractivity contribution in [1.29, 1.82) is 0 Å². The van der Waals surface area contributed by atoms with Gasteiger partial charge < -0.3 is 4.74 Å². The molecule has 0 aliphatic carbocycles. The van der Waals surface area contributed by atoms with Gasteiger partial charge in [-0.05, 0) is 41.1 Å². The van der Waals surface area contributed by atoms with E-state index < -0.39 is 0 Å². The highest BCUT2D eigenvalue weighted by Crippen LogP contribution is 2.16. The Morgan fingerprint density at radius 3 is 2.76 bits per heavy atom. The molecular weight excluding hydrogens is 280 g/mol. The molecule has 0 amide bonds. The number of halogens is 1. The third kappa shape index (κ3) is 6.01. The maximum absolute atomic E-state index is 5.64. The average Bonchev–Trinajstić information content (AvgIpc) is 2.24. The number of hydrogen-bond donors (Lipinski definition) is 0. The largest absolute Gasteiger partial charge is 0.478 e. The zero-order valence-corrected chi connectivity index (χ0v) is 12.5. The van der Waals surface area contributed by atoms with Crippen LogP contribution in [0.3, 0.4) is 0 Å². The van der Waals surface area contributed by atoms with Gasteiger partial charge in [-0.3, -0.25) is 0 Å². The molecule has 17 heavy (non-hydrogen) atoms. The van der Waals surface area contributed by atoms with Gasteiger partial charge in [-0.2, -0.15) is 4.98 Å². The Balaban J connectivity index is 2.46. The van der Waals surface area contributed by atoms with E-state index in [1.54, 1.807) is 0 Å². The molecule has 0 fully saturated rings. The van der Waals surface area contributed by atoms with E-state index in [0.29, 0.717) is 5.88 Å². The molecule has 0 N–H and O–H groups in total. The van der Waals surface area contributed by atoms with E-state index >= 15 is 0 Å². The monoisotopic (exact) mass is 300 g/mol. The lowest BCUT2D eigenvalue weighted by atomic mass is 10.1. The van der Waals surface area contributed by atoms with Crippen LogP contribution >= 0.6 is 15.9 Å². The van der Waals surface area contributed by atoms with Crippen molar-refractivity contribution in [1.82, 2.24) is 9.97 Å². The summed E-state index contributed by atoms with van der Waals surface area (Å²) in [5.74, 6) is 2.26. The van der Waals surface area contributed by atoms with Crippen LogP contribution in [0.5, 0.6) is 5.88 Å². The number of rotatable bonds is 7. The topological polar surface area (TPSA) is 35.0 Å². The van der Waals surface area contributed by atoms with Crippen LogP contribution in [0.1, 0.15) is 45.9 Å². The number of aryl methyl sites for hydroxylation is 1. The minimum atomic E-state index is 0.680.